The fourth-order valence-corrected chi connectivity index (χ4v) is 4.34. The Bertz CT molecular complexity index is 1020. The lowest BCUT2D eigenvalue weighted by Gasteiger charge is -2.34. The van der Waals surface area contributed by atoms with Gasteiger partial charge in [0.25, 0.3) is 5.69 Å². The number of nitrogens with zero attached hydrogens (tertiary/aromatic N) is 4. The molecule has 2 heterocycles. The van der Waals surface area contributed by atoms with Gasteiger partial charge in [0, 0.05) is 38.3 Å². The monoisotopic (exact) mass is 396 g/mol. The van der Waals surface area contributed by atoms with Crippen LogP contribution in [-0.2, 0) is 11.2 Å². The average Bonchev–Trinajstić information content (AvgIpc) is 3.13. The van der Waals surface area contributed by atoms with E-state index in [1.165, 1.54) is 23.0 Å². The first kappa shape index (κ1) is 18.4. The van der Waals surface area contributed by atoms with Crippen LogP contribution in [0.5, 0.6) is 0 Å². The minimum atomic E-state index is -0.392. The average molecular weight is 396 g/mol. The normalized spacial score (nSPS) is 14.5. The zero-order valence-corrected chi connectivity index (χ0v) is 16.3. The summed E-state index contributed by atoms with van der Waals surface area (Å²) in [5.74, 6) is 0.142. The third-order valence-electron chi connectivity index (χ3n) is 4.95. The number of amides is 1. The molecular formula is C20H20N4O3S. The molecule has 0 N–H and O–H groups in total. The van der Waals surface area contributed by atoms with Crippen LogP contribution in [0.2, 0.25) is 0 Å². The number of hydrogen-bond acceptors (Lipinski definition) is 6. The first-order valence-electron chi connectivity index (χ1n) is 9.13. The molecule has 3 aromatic rings. The molecule has 1 fully saturated rings. The van der Waals surface area contributed by atoms with Crippen LogP contribution < -0.4 is 4.90 Å². The van der Waals surface area contributed by atoms with Gasteiger partial charge in [0.05, 0.1) is 21.6 Å². The van der Waals surface area contributed by atoms with Crippen molar-refractivity contribution in [3.63, 3.8) is 0 Å². The first-order chi connectivity index (χ1) is 13.5. The standard InChI is InChI=1S/C20H20N4O3S/c1-14-2-4-15(5-3-14)12-19(25)22-8-10-23(11-9-22)20-21-17-7-6-16(24(26)27)13-18(17)28-20/h2-7,13H,8-12H2,1H3. The van der Waals surface area contributed by atoms with Crippen LogP contribution >= 0.6 is 11.3 Å². The van der Waals surface area contributed by atoms with Crippen molar-refractivity contribution in [3.8, 4) is 0 Å². The van der Waals surface area contributed by atoms with Gasteiger partial charge in [0.1, 0.15) is 0 Å². The minimum absolute atomic E-state index is 0.0780. The van der Waals surface area contributed by atoms with E-state index in [1.807, 2.05) is 36.1 Å². The molecule has 0 aliphatic carbocycles. The number of non-ortho nitro benzene ring substituents is 1. The third kappa shape index (κ3) is 3.82. The quantitative estimate of drug-likeness (QED) is 0.499. The highest BCUT2D eigenvalue weighted by molar-refractivity contribution is 7.22. The fourth-order valence-electron chi connectivity index (χ4n) is 3.29. The molecule has 0 bridgehead atoms. The molecule has 1 aromatic heterocycles. The van der Waals surface area contributed by atoms with Crippen LogP contribution in [0.25, 0.3) is 10.2 Å². The Morgan fingerprint density at radius 2 is 1.86 bits per heavy atom. The van der Waals surface area contributed by atoms with Crippen molar-refractivity contribution in [2.75, 3.05) is 31.1 Å². The van der Waals surface area contributed by atoms with Gasteiger partial charge in [-0.05, 0) is 18.6 Å². The molecule has 0 spiro atoms. The highest BCUT2D eigenvalue weighted by Gasteiger charge is 2.23. The maximum Gasteiger partial charge on any atom is 0.270 e. The van der Waals surface area contributed by atoms with Crippen LogP contribution in [0.4, 0.5) is 10.8 Å². The summed E-state index contributed by atoms with van der Waals surface area (Å²) in [6.45, 7) is 4.76. The van der Waals surface area contributed by atoms with E-state index in [1.54, 1.807) is 12.1 Å². The number of thiazole rings is 1. The summed E-state index contributed by atoms with van der Waals surface area (Å²) >= 11 is 1.46. The van der Waals surface area contributed by atoms with Crippen molar-refractivity contribution in [1.29, 1.82) is 0 Å². The first-order valence-corrected chi connectivity index (χ1v) is 9.94. The number of rotatable bonds is 4. The lowest BCUT2D eigenvalue weighted by Crippen LogP contribution is -2.49. The lowest BCUT2D eigenvalue weighted by atomic mass is 10.1. The van der Waals surface area contributed by atoms with E-state index in [4.69, 9.17) is 0 Å². The van der Waals surface area contributed by atoms with E-state index in [9.17, 15) is 14.9 Å². The van der Waals surface area contributed by atoms with Crippen LogP contribution in [-0.4, -0.2) is 46.9 Å². The number of benzene rings is 2. The Balaban J connectivity index is 1.39. The summed E-state index contributed by atoms with van der Waals surface area (Å²) < 4.78 is 0.807. The largest absolute Gasteiger partial charge is 0.345 e. The van der Waals surface area contributed by atoms with E-state index in [2.05, 4.69) is 9.88 Å². The van der Waals surface area contributed by atoms with Gasteiger partial charge in [-0.15, -0.1) is 0 Å². The predicted octanol–water partition coefficient (Wildman–Crippen LogP) is 3.40. The van der Waals surface area contributed by atoms with Crippen LogP contribution in [0.1, 0.15) is 11.1 Å². The Morgan fingerprint density at radius 3 is 2.54 bits per heavy atom. The van der Waals surface area contributed by atoms with E-state index in [0.717, 1.165) is 20.9 Å². The number of piperazine rings is 1. The fraction of sp³-hybridized carbons (Fsp3) is 0.300. The van der Waals surface area contributed by atoms with Crippen molar-refractivity contribution < 1.29 is 9.72 Å². The number of aryl methyl sites for hydroxylation is 1. The molecule has 0 unspecified atom stereocenters. The summed E-state index contributed by atoms with van der Waals surface area (Å²) in [5, 5.41) is 11.8. The van der Waals surface area contributed by atoms with Crippen molar-refractivity contribution in [3.05, 3.63) is 63.7 Å². The number of anilines is 1. The van der Waals surface area contributed by atoms with E-state index >= 15 is 0 Å². The summed E-state index contributed by atoms with van der Waals surface area (Å²) in [7, 11) is 0. The number of carbonyl (C=O) groups is 1. The van der Waals surface area contributed by atoms with Crippen LogP contribution in [0.3, 0.4) is 0 Å². The van der Waals surface area contributed by atoms with Crippen LogP contribution in [0.15, 0.2) is 42.5 Å². The van der Waals surface area contributed by atoms with Crippen molar-refractivity contribution in [1.82, 2.24) is 9.88 Å². The molecule has 1 aliphatic heterocycles. The lowest BCUT2D eigenvalue weighted by molar-refractivity contribution is -0.384. The number of hydrogen-bond donors (Lipinski definition) is 0. The van der Waals surface area contributed by atoms with Gasteiger partial charge < -0.3 is 9.80 Å². The Morgan fingerprint density at radius 1 is 1.14 bits per heavy atom. The molecular weight excluding hydrogens is 376 g/mol. The molecule has 1 aliphatic rings. The molecule has 7 nitrogen and oxygen atoms in total. The van der Waals surface area contributed by atoms with E-state index in [-0.39, 0.29) is 11.6 Å². The highest BCUT2D eigenvalue weighted by atomic mass is 32.1. The maximum absolute atomic E-state index is 12.6. The van der Waals surface area contributed by atoms with Gasteiger partial charge in [0.15, 0.2) is 5.13 Å². The third-order valence-corrected chi connectivity index (χ3v) is 6.03. The molecule has 28 heavy (non-hydrogen) atoms. The van der Waals surface area contributed by atoms with Crippen molar-refractivity contribution in [2.24, 2.45) is 0 Å². The number of aromatic nitrogens is 1. The number of nitro benzene ring substituents is 1. The summed E-state index contributed by atoms with van der Waals surface area (Å²) in [4.78, 5) is 31.8. The molecule has 0 atom stereocenters. The molecule has 4 rings (SSSR count). The van der Waals surface area contributed by atoms with E-state index in [0.29, 0.717) is 32.6 Å². The Labute approximate surface area is 166 Å². The topological polar surface area (TPSA) is 79.6 Å². The van der Waals surface area contributed by atoms with Gasteiger partial charge in [-0.2, -0.15) is 0 Å². The Kier molecular flexibility index (Phi) is 4.95. The molecule has 0 saturated carbocycles. The Hall–Kier alpha value is -3.00. The molecule has 1 saturated heterocycles. The zero-order chi connectivity index (χ0) is 19.7. The van der Waals surface area contributed by atoms with Crippen molar-refractivity contribution >= 4 is 38.3 Å². The second-order valence-electron chi connectivity index (χ2n) is 6.94. The van der Waals surface area contributed by atoms with Gasteiger partial charge in [-0.25, -0.2) is 4.98 Å². The maximum atomic E-state index is 12.6. The molecule has 0 radical (unpaired) electrons. The number of carbonyl (C=O) groups excluding carboxylic acids is 1. The van der Waals surface area contributed by atoms with Crippen molar-refractivity contribution in [2.45, 2.75) is 13.3 Å². The molecule has 144 valence electrons. The van der Waals surface area contributed by atoms with E-state index < -0.39 is 4.92 Å². The summed E-state index contributed by atoms with van der Waals surface area (Å²) in [5.41, 5.74) is 3.06. The summed E-state index contributed by atoms with van der Waals surface area (Å²) in [6.07, 6.45) is 0.422. The number of fused-ring (bicyclic) bond motifs is 1. The highest BCUT2D eigenvalue weighted by Crippen LogP contribution is 2.31. The smallest absolute Gasteiger partial charge is 0.270 e. The summed E-state index contributed by atoms with van der Waals surface area (Å²) in [6, 6.07) is 12.8. The second kappa shape index (κ2) is 7.55. The molecule has 1 amide bonds. The number of nitro groups is 1. The minimum Gasteiger partial charge on any atom is -0.345 e. The van der Waals surface area contributed by atoms with Gasteiger partial charge >= 0.3 is 0 Å². The molecule has 8 heteroatoms. The zero-order valence-electron chi connectivity index (χ0n) is 15.5. The SMILES string of the molecule is Cc1ccc(CC(=O)N2CCN(c3nc4ccc([N+](=O)[O-])cc4s3)CC2)cc1. The van der Waals surface area contributed by atoms with Gasteiger partial charge in [0.2, 0.25) is 5.91 Å². The second-order valence-corrected chi connectivity index (χ2v) is 7.94. The van der Waals surface area contributed by atoms with Crippen LogP contribution in [0, 0.1) is 17.0 Å². The predicted molar refractivity (Wildman–Crippen MR) is 110 cm³/mol. The van der Waals surface area contributed by atoms with Gasteiger partial charge in [-0.1, -0.05) is 41.2 Å². The molecule has 2 aromatic carbocycles. The van der Waals surface area contributed by atoms with Gasteiger partial charge in [-0.3, -0.25) is 14.9 Å².